The first-order chi connectivity index (χ1) is 9.95. The summed E-state index contributed by atoms with van der Waals surface area (Å²) in [7, 11) is 0. The molecule has 7 heteroatoms. The van der Waals surface area contributed by atoms with Gasteiger partial charge in [0.05, 0.1) is 6.54 Å². The number of rotatable bonds is 2. The molecule has 6 nitrogen and oxygen atoms in total. The van der Waals surface area contributed by atoms with E-state index in [-0.39, 0.29) is 19.4 Å². The van der Waals surface area contributed by atoms with E-state index in [4.69, 9.17) is 5.73 Å². The maximum Gasteiger partial charge on any atom is 0.285 e. The lowest BCUT2D eigenvalue weighted by molar-refractivity contribution is -0.154. The zero-order chi connectivity index (χ0) is 15.2. The molecular weight excluding hydrogens is 277 g/mol. The highest BCUT2D eigenvalue weighted by Crippen LogP contribution is 2.35. The minimum Gasteiger partial charge on any atom is -0.326 e. The smallest absolute Gasteiger partial charge is 0.285 e. The van der Waals surface area contributed by atoms with Crippen LogP contribution in [0.1, 0.15) is 34.3 Å². The van der Waals surface area contributed by atoms with Gasteiger partial charge in [-0.2, -0.15) is 0 Å². The number of hydrogen-bond acceptors (Lipinski definition) is 4. The van der Waals surface area contributed by atoms with E-state index in [1.165, 1.54) is 0 Å². The van der Waals surface area contributed by atoms with Crippen LogP contribution in [0.3, 0.4) is 0 Å². The summed E-state index contributed by atoms with van der Waals surface area (Å²) < 4.78 is 15.0. The van der Waals surface area contributed by atoms with E-state index in [1.54, 1.807) is 18.2 Å². The van der Waals surface area contributed by atoms with E-state index in [2.05, 4.69) is 0 Å². The second kappa shape index (κ2) is 4.63. The van der Waals surface area contributed by atoms with E-state index in [1.807, 2.05) is 5.32 Å². The van der Waals surface area contributed by atoms with Crippen LogP contribution in [0.2, 0.25) is 0 Å². The zero-order valence-corrected chi connectivity index (χ0v) is 11.2. The van der Waals surface area contributed by atoms with Gasteiger partial charge in [0.15, 0.2) is 0 Å². The molecule has 21 heavy (non-hydrogen) atoms. The Morgan fingerprint density at radius 1 is 1.33 bits per heavy atom. The van der Waals surface area contributed by atoms with Crippen LogP contribution in [0.4, 0.5) is 4.39 Å². The number of fused-ring (bicyclic) bond motifs is 1. The van der Waals surface area contributed by atoms with E-state index < -0.39 is 23.5 Å². The van der Waals surface area contributed by atoms with Crippen LogP contribution in [0, 0.1) is 0 Å². The molecule has 1 aromatic rings. The molecule has 1 unspecified atom stereocenters. The van der Waals surface area contributed by atoms with Gasteiger partial charge in [0.2, 0.25) is 5.91 Å². The lowest BCUT2D eigenvalue weighted by atomic mass is 10.0. The molecule has 0 aliphatic carbocycles. The molecule has 3 amide bonds. The number of benzene rings is 1. The van der Waals surface area contributed by atoms with E-state index in [0.29, 0.717) is 17.7 Å². The number of hydrogen-bond donors (Lipinski definition) is 2. The Balaban J connectivity index is 1.93. The molecule has 1 saturated heterocycles. The first kappa shape index (κ1) is 13.7. The van der Waals surface area contributed by atoms with Crippen molar-refractivity contribution >= 4 is 17.7 Å². The molecule has 2 aliphatic heterocycles. The third kappa shape index (κ3) is 2.01. The maximum absolute atomic E-state index is 15.0. The van der Waals surface area contributed by atoms with Crippen LogP contribution in [-0.4, -0.2) is 28.4 Å². The lowest BCUT2D eigenvalue weighted by Crippen LogP contribution is -2.60. The molecular formula is C14H14FN3O3. The molecule has 0 aromatic heterocycles. The van der Waals surface area contributed by atoms with E-state index in [0.717, 1.165) is 10.5 Å². The maximum atomic E-state index is 15.0. The van der Waals surface area contributed by atoms with E-state index in [9.17, 15) is 18.8 Å². The van der Waals surface area contributed by atoms with Gasteiger partial charge in [-0.3, -0.25) is 24.6 Å². The Labute approximate surface area is 120 Å². The minimum absolute atomic E-state index is 0.000116. The largest absolute Gasteiger partial charge is 0.326 e. The average Bonchev–Trinajstić information content (AvgIpc) is 2.80. The van der Waals surface area contributed by atoms with Crippen LogP contribution in [0.15, 0.2) is 18.2 Å². The Kier molecular flexibility index (Phi) is 3.02. The molecule has 1 fully saturated rings. The van der Waals surface area contributed by atoms with E-state index >= 15 is 0 Å². The summed E-state index contributed by atoms with van der Waals surface area (Å²) in [6.45, 7) is 0.317. The zero-order valence-electron chi connectivity index (χ0n) is 11.2. The molecule has 2 heterocycles. The molecule has 1 atom stereocenters. The third-order valence-electron chi connectivity index (χ3n) is 3.92. The van der Waals surface area contributed by atoms with Crippen molar-refractivity contribution in [1.29, 1.82) is 0 Å². The van der Waals surface area contributed by atoms with Gasteiger partial charge in [0.25, 0.3) is 17.6 Å². The van der Waals surface area contributed by atoms with Gasteiger partial charge in [0.1, 0.15) is 0 Å². The van der Waals surface area contributed by atoms with Crippen molar-refractivity contribution < 1.29 is 18.8 Å². The monoisotopic (exact) mass is 291 g/mol. The number of piperidine rings is 1. The highest BCUT2D eigenvalue weighted by Gasteiger charge is 2.52. The van der Waals surface area contributed by atoms with Crippen LogP contribution in [0.5, 0.6) is 0 Å². The molecule has 0 radical (unpaired) electrons. The SMILES string of the molecule is NCc1ccc2c(c1)CN(C1(F)CCC(=O)NC1=O)C2=O. The molecule has 1 aromatic carbocycles. The molecule has 3 rings (SSSR count). The standard InChI is InChI=1S/C14H14FN3O3/c15-14(4-3-11(19)17-13(14)21)18-7-9-5-8(6-16)1-2-10(9)12(18)20/h1-2,5H,3-4,6-7,16H2,(H,17,19,21). The average molecular weight is 291 g/mol. The Hall–Kier alpha value is -2.28. The molecule has 110 valence electrons. The number of alkyl halides is 1. The Morgan fingerprint density at radius 2 is 2.10 bits per heavy atom. The predicted octanol–water partition coefficient (Wildman–Crippen LogP) is 0.203. The molecule has 2 aliphatic rings. The summed E-state index contributed by atoms with van der Waals surface area (Å²) in [6.07, 6.45) is -0.447. The Morgan fingerprint density at radius 3 is 2.76 bits per heavy atom. The fourth-order valence-corrected chi connectivity index (χ4v) is 2.72. The minimum atomic E-state index is -2.48. The number of halogens is 1. The first-order valence-electron chi connectivity index (χ1n) is 6.63. The van der Waals surface area contributed by atoms with Crippen molar-refractivity contribution in [3.8, 4) is 0 Å². The van der Waals surface area contributed by atoms with Gasteiger partial charge in [-0.15, -0.1) is 0 Å². The number of carbonyl (C=O) groups excluding carboxylic acids is 3. The van der Waals surface area contributed by atoms with Crippen molar-refractivity contribution in [2.75, 3.05) is 0 Å². The topological polar surface area (TPSA) is 92.5 Å². The van der Waals surface area contributed by atoms with Gasteiger partial charge >= 0.3 is 0 Å². The number of amides is 3. The van der Waals surface area contributed by atoms with Gasteiger partial charge in [-0.05, 0) is 17.2 Å². The summed E-state index contributed by atoms with van der Waals surface area (Å²) >= 11 is 0. The third-order valence-corrected chi connectivity index (χ3v) is 3.92. The summed E-state index contributed by atoms with van der Waals surface area (Å²) in [6, 6.07) is 5.03. The summed E-state index contributed by atoms with van der Waals surface area (Å²) in [5, 5.41) is 1.95. The predicted molar refractivity (Wildman–Crippen MR) is 70.4 cm³/mol. The second-order valence-corrected chi connectivity index (χ2v) is 5.22. The van der Waals surface area contributed by atoms with Crippen LogP contribution < -0.4 is 11.1 Å². The van der Waals surface area contributed by atoms with Crippen molar-refractivity contribution in [2.45, 2.75) is 31.7 Å². The van der Waals surface area contributed by atoms with Crippen molar-refractivity contribution in [3.05, 3.63) is 34.9 Å². The first-order valence-corrected chi connectivity index (χ1v) is 6.63. The molecule has 0 spiro atoms. The van der Waals surface area contributed by atoms with Gasteiger partial charge in [-0.25, -0.2) is 4.39 Å². The quantitative estimate of drug-likeness (QED) is 0.601. The lowest BCUT2D eigenvalue weighted by Gasteiger charge is -2.35. The summed E-state index contributed by atoms with van der Waals surface area (Å²) in [5.41, 5.74) is 7.39. The number of carbonyl (C=O) groups is 3. The highest BCUT2D eigenvalue weighted by molar-refractivity contribution is 6.06. The fraction of sp³-hybridized carbons (Fsp3) is 0.357. The number of imide groups is 1. The number of nitrogens with zero attached hydrogens (tertiary/aromatic N) is 1. The number of nitrogens with two attached hydrogens (primary N) is 1. The Bertz CT molecular complexity index is 661. The second-order valence-electron chi connectivity index (χ2n) is 5.22. The van der Waals surface area contributed by atoms with Crippen LogP contribution >= 0.6 is 0 Å². The fourth-order valence-electron chi connectivity index (χ4n) is 2.72. The summed E-state index contributed by atoms with van der Waals surface area (Å²) in [4.78, 5) is 36.2. The summed E-state index contributed by atoms with van der Waals surface area (Å²) in [5.74, 6) is -4.62. The van der Waals surface area contributed by atoms with Crippen LogP contribution in [0.25, 0.3) is 0 Å². The van der Waals surface area contributed by atoms with Gasteiger partial charge < -0.3 is 5.73 Å². The van der Waals surface area contributed by atoms with Crippen molar-refractivity contribution in [2.24, 2.45) is 5.73 Å². The molecule has 0 saturated carbocycles. The normalized spacial score (nSPS) is 25.0. The van der Waals surface area contributed by atoms with Crippen molar-refractivity contribution in [1.82, 2.24) is 10.2 Å². The van der Waals surface area contributed by atoms with Crippen LogP contribution in [-0.2, 0) is 22.7 Å². The van der Waals surface area contributed by atoms with Crippen molar-refractivity contribution in [3.63, 3.8) is 0 Å². The highest BCUT2D eigenvalue weighted by atomic mass is 19.1. The van der Waals surface area contributed by atoms with Gasteiger partial charge in [0, 0.05) is 24.9 Å². The molecule has 0 bridgehead atoms. The van der Waals surface area contributed by atoms with Gasteiger partial charge in [-0.1, -0.05) is 12.1 Å². The molecule has 3 N–H and O–H groups in total. The number of nitrogens with one attached hydrogen (secondary N) is 1.